The van der Waals surface area contributed by atoms with Crippen molar-refractivity contribution >= 4 is 23.6 Å². The summed E-state index contributed by atoms with van der Waals surface area (Å²) in [6, 6.07) is 14.4. The van der Waals surface area contributed by atoms with E-state index in [2.05, 4.69) is 25.7 Å². The topological polar surface area (TPSA) is 161 Å². The number of piperidine rings is 1. The van der Waals surface area contributed by atoms with E-state index in [0.29, 0.717) is 62.5 Å². The molecule has 2 aliphatic rings. The Hall–Kier alpha value is -5.18. The zero-order chi connectivity index (χ0) is 34.9. The Morgan fingerprint density at radius 1 is 1.10 bits per heavy atom. The quantitative estimate of drug-likeness (QED) is 0.198. The molecule has 15 heteroatoms. The fourth-order valence-electron chi connectivity index (χ4n) is 6.50. The third-order valence-corrected chi connectivity index (χ3v) is 9.16. The van der Waals surface area contributed by atoms with Gasteiger partial charge in [-0.3, -0.25) is 9.59 Å². The summed E-state index contributed by atoms with van der Waals surface area (Å²) in [6.07, 6.45) is -3.80. The number of benzene rings is 2. The van der Waals surface area contributed by atoms with Gasteiger partial charge in [-0.1, -0.05) is 36.4 Å². The average molecular weight is 679 g/mol. The number of rotatable bonds is 9. The predicted molar refractivity (Wildman–Crippen MR) is 175 cm³/mol. The first kappa shape index (κ1) is 33.7. The molecule has 6 rings (SSSR count). The number of ether oxygens (including phenoxy) is 1. The summed E-state index contributed by atoms with van der Waals surface area (Å²) in [7, 11) is 0. The van der Waals surface area contributed by atoms with Crippen molar-refractivity contribution < 1.29 is 32.6 Å². The van der Waals surface area contributed by atoms with E-state index in [1.807, 2.05) is 29.2 Å². The lowest BCUT2D eigenvalue weighted by molar-refractivity contribution is -0.198. The molecule has 2 atom stereocenters. The Balaban J connectivity index is 1.28. The van der Waals surface area contributed by atoms with Gasteiger partial charge in [0.15, 0.2) is 0 Å². The number of aryl methyl sites for hydroxylation is 1. The molecule has 1 amide bonds. The number of carboxylic acids is 1. The number of hydrogen-bond donors (Lipinski definition) is 4. The number of hydrogen-bond acceptors (Lipinski definition) is 9. The van der Waals surface area contributed by atoms with Crippen LogP contribution in [0.15, 0.2) is 60.8 Å². The van der Waals surface area contributed by atoms with E-state index < -0.39 is 24.3 Å². The number of carbonyl (C=O) groups is 2. The first-order valence-electron chi connectivity index (χ1n) is 15.9. The van der Waals surface area contributed by atoms with E-state index in [9.17, 15) is 27.9 Å². The molecule has 4 aromatic rings. The summed E-state index contributed by atoms with van der Waals surface area (Å²) in [5.74, 6) is -1.26. The number of nitrogens with two attached hydrogens (primary N) is 1. The van der Waals surface area contributed by atoms with Crippen molar-refractivity contribution in [3.05, 3.63) is 77.6 Å². The van der Waals surface area contributed by atoms with Crippen LogP contribution in [0.25, 0.3) is 16.8 Å². The fourth-order valence-corrected chi connectivity index (χ4v) is 6.50. The summed E-state index contributed by atoms with van der Waals surface area (Å²) in [5, 5.41) is 19.6. The molecular formula is C34H37F3N8O4. The van der Waals surface area contributed by atoms with E-state index >= 15 is 0 Å². The van der Waals surface area contributed by atoms with Crippen LogP contribution in [0.5, 0.6) is 5.88 Å². The monoisotopic (exact) mass is 678 g/mol. The molecule has 258 valence electrons. The summed E-state index contributed by atoms with van der Waals surface area (Å²) >= 11 is 0. The van der Waals surface area contributed by atoms with Gasteiger partial charge in [-0.2, -0.15) is 28.2 Å². The molecule has 4 heterocycles. The highest BCUT2D eigenvalue weighted by Crippen LogP contribution is 2.43. The Morgan fingerprint density at radius 3 is 2.43 bits per heavy atom. The number of nitrogens with one attached hydrogen (secondary N) is 2. The maximum atomic E-state index is 14.9. The summed E-state index contributed by atoms with van der Waals surface area (Å²) < 4.78 is 51.7. The number of alkyl halides is 3. The van der Waals surface area contributed by atoms with Crippen LogP contribution in [0.1, 0.15) is 49.1 Å². The SMILES string of the molecule is CC(=O)NCc1ccc(-c2ccc(C(Oc3cc(N4CCC5(CC4)CNC(C(=O)O)C5)nc(N)n3)C(F)(F)F)c(-n3ccc(C)n3)c2)cc1. The second-order valence-electron chi connectivity index (χ2n) is 12.7. The first-order valence-corrected chi connectivity index (χ1v) is 15.9. The maximum Gasteiger partial charge on any atom is 0.429 e. The van der Waals surface area contributed by atoms with Crippen LogP contribution in [-0.4, -0.2) is 68.6 Å². The third kappa shape index (κ3) is 7.61. The van der Waals surface area contributed by atoms with Crippen LogP contribution >= 0.6 is 0 Å². The summed E-state index contributed by atoms with van der Waals surface area (Å²) in [4.78, 5) is 33.0. The highest BCUT2D eigenvalue weighted by atomic mass is 19.4. The van der Waals surface area contributed by atoms with Gasteiger partial charge in [0.25, 0.3) is 0 Å². The lowest BCUT2D eigenvalue weighted by Crippen LogP contribution is -2.41. The van der Waals surface area contributed by atoms with Gasteiger partial charge in [0.1, 0.15) is 11.9 Å². The van der Waals surface area contributed by atoms with Crippen LogP contribution in [-0.2, 0) is 16.1 Å². The van der Waals surface area contributed by atoms with Crippen molar-refractivity contribution in [1.82, 2.24) is 30.4 Å². The number of nitrogen functional groups attached to an aromatic ring is 1. The molecule has 2 saturated heterocycles. The minimum Gasteiger partial charge on any atom is -0.480 e. The maximum absolute atomic E-state index is 14.9. The van der Waals surface area contributed by atoms with Crippen molar-refractivity contribution in [1.29, 1.82) is 0 Å². The van der Waals surface area contributed by atoms with Gasteiger partial charge in [0.2, 0.25) is 23.8 Å². The zero-order valence-corrected chi connectivity index (χ0v) is 27.0. The first-order chi connectivity index (χ1) is 23.3. The second kappa shape index (κ2) is 13.4. The lowest BCUT2D eigenvalue weighted by Gasteiger charge is -2.39. The van der Waals surface area contributed by atoms with Crippen molar-refractivity contribution in [2.75, 3.05) is 30.3 Å². The number of aliphatic carboxylic acids is 1. The molecule has 12 nitrogen and oxygen atoms in total. The smallest absolute Gasteiger partial charge is 0.429 e. The van der Waals surface area contributed by atoms with E-state index in [0.717, 1.165) is 11.1 Å². The number of nitrogens with zero attached hydrogens (tertiary/aromatic N) is 5. The molecule has 0 bridgehead atoms. The normalized spacial score (nSPS) is 18.0. The Bertz CT molecular complexity index is 1840. The molecule has 2 aliphatic heterocycles. The predicted octanol–water partition coefficient (Wildman–Crippen LogP) is 4.57. The largest absolute Gasteiger partial charge is 0.480 e. The van der Waals surface area contributed by atoms with Crippen LogP contribution in [0.4, 0.5) is 24.9 Å². The number of anilines is 2. The van der Waals surface area contributed by atoms with Crippen molar-refractivity contribution in [3.8, 4) is 22.7 Å². The molecule has 2 aromatic heterocycles. The highest BCUT2D eigenvalue weighted by molar-refractivity contribution is 5.74. The lowest BCUT2D eigenvalue weighted by atomic mass is 9.76. The highest BCUT2D eigenvalue weighted by Gasteiger charge is 2.46. The van der Waals surface area contributed by atoms with Crippen molar-refractivity contribution in [2.24, 2.45) is 5.41 Å². The van der Waals surface area contributed by atoms with E-state index in [4.69, 9.17) is 10.5 Å². The van der Waals surface area contributed by atoms with Gasteiger partial charge in [-0.15, -0.1) is 0 Å². The summed E-state index contributed by atoms with van der Waals surface area (Å²) in [6.45, 7) is 5.16. The minimum absolute atomic E-state index is 0.153. The van der Waals surface area contributed by atoms with E-state index in [1.54, 1.807) is 31.3 Å². The molecule has 5 N–H and O–H groups in total. The molecule has 2 unspecified atom stereocenters. The van der Waals surface area contributed by atoms with Gasteiger partial charge >= 0.3 is 12.1 Å². The van der Waals surface area contributed by atoms with Gasteiger partial charge in [0.05, 0.1) is 11.4 Å². The van der Waals surface area contributed by atoms with Crippen LogP contribution in [0.3, 0.4) is 0 Å². The molecule has 2 fully saturated rings. The Labute approximate surface area is 280 Å². The van der Waals surface area contributed by atoms with Crippen molar-refractivity contribution in [2.45, 2.75) is 58.0 Å². The number of aromatic nitrogens is 4. The molecule has 0 radical (unpaired) electrons. The van der Waals surface area contributed by atoms with Crippen molar-refractivity contribution in [3.63, 3.8) is 0 Å². The molecule has 0 aliphatic carbocycles. The minimum atomic E-state index is -4.85. The third-order valence-electron chi connectivity index (χ3n) is 9.16. The van der Waals surface area contributed by atoms with E-state index in [1.165, 1.54) is 23.7 Å². The van der Waals surface area contributed by atoms with E-state index in [-0.39, 0.29) is 34.4 Å². The standard InChI is InChI=1S/C34H37F3N8O4/c1-20-9-12-45(43-20)27-15-24(23-5-3-22(4-6-23)18-39-21(2)46)7-8-25(27)30(34(35,36)37)49-29-16-28(41-32(38)42-29)44-13-10-33(11-14-44)17-26(31(47)48)40-19-33/h3-9,12,15-16,26,30,40H,10-11,13-14,17-19H2,1-2H3,(H,39,46)(H,47,48)(H2,38,41,42). The molecular weight excluding hydrogens is 641 g/mol. The van der Waals surface area contributed by atoms with Gasteiger partial charge in [-0.25, -0.2) is 4.68 Å². The second-order valence-corrected chi connectivity index (χ2v) is 12.7. The molecule has 2 aromatic carbocycles. The van der Waals surface area contributed by atoms with Crippen LogP contribution in [0.2, 0.25) is 0 Å². The number of halogens is 3. The zero-order valence-electron chi connectivity index (χ0n) is 27.0. The van der Waals surface area contributed by atoms with Crippen LogP contribution < -0.4 is 26.0 Å². The van der Waals surface area contributed by atoms with Gasteiger partial charge < -0.3 is 31.1 Å². The van der Waals surface area contributed by atoms with Crippen LogP contribution in [0, 0.1) is 12.3 Å². The number of carboxylic acid groups (broad SMARTS) is 1. The fraction of sp³-hybridized carbons (Fsp3) is 0.382. The Morgan fingerprint density at radius 2 is 1.82 bits per heavy atom. The number of carbonyl (C=O) groups excluding carboxylic acids is 1. The van der Waals surface area contributed by atoms with Gasteiger partial charge in [-0.05, 0) is 60.4 Å². The molecule has 1 spiro atoms. The summed E-state index contributed by atoms with van der Waals surface area (Å²) in [5.41, 5.74) is 8.72. The Kier molecular flexibility index (Phi) is 9.20. The molecule has 0 saturated carbocycles. The molecule has 49 heavy (non-hydrogen) atoms. The van der Waals surface area contributed by atoms with Gasteiger partial charge in [0, 0.05) is 50.9 Å². The number of amides is 1. The average Bonchev–Trinajstić information content (AvgIpc) is 3.69.